The quantitative estimate of drug-likeness (QED) is 0.754. The third kappa shape index (κ3) is 5.36. The first-order chi connectivity index (χ1) is 8.83. The summed E-state index contributed by atoms with van der Waals surface area (Å²) in [5.41, 5.74) is 0. The Morgan fingerprint density at radius 1 is 1.26 bits per heavy atom. The molecule has 1 aromatic carbocycles. The van der Waals surface area contributed by atoms with E-state index in [1.54, 1.807) is 0 Å². The maximum atomic E-state index is 11.9. The molecule has 0 bridgehead atoms. The summed E-state index contributed by atoms with van der Waals surface area (Å²) < 4.78 is 26.2. The van der Waals surface area contributed by atoms with Gasteiger partial charge in [0.1, 0.15) is 4.90 Å². The SMILES string of the molecule is O=C(O)CCCCNS(=O)(=O)c1cc(Cl)ccc1Cl. The number of hydrogen-bond donors (Lipinski definition) is 2. The Bertz CT molecular complexity index is 560. The Morgan fingerprint density at radius 2 is 1.95 bits per heavy atom. The zero-order valence-electron chi connectivity index (χ0n) is 9.90. The summed E-state index contributed by atoms with van der Waals surface area (Å²) in [6.07, 6.45) is 0.852. The normalized spacial score (nSPS) is 11.5. The topological polar surface area (TPSA) is 83.5 Å². The minimum Gasteiger partial charge on any atom is -0.481 e. The molecule has 19 heavy (non-hydrogen) atoms. The van der Waals surface area contributed by atoms with E-state index in [1.807, 2.05) is 0 Å². The number of hydrogen-bond acceptors (Lipinski definition) is 3. The zero-order chi connectivity index (χ0) is 14.5. The second-order valence-corrected chi connectivity index (χ2v) is 6.40. The van der Waals surface area contributed by atoms with Gasteiger partial charge >= 0.3 is 5.97 Å². The van der Waals surface area contributed by atoms with Gasteiger partial charge in [0.15, 0.2) is 0 Å². The molecular formula is C11H13Cl2NO4S. The van der Waals surface area contributed by atoms with Gasteiger partial charge in [-0.3, -0.25) is 4.79 Å². The number of halogens is 2. The maximum Gasteiger partial charge on any atom is 0.303 e. The van der Waals surface area contributed by atoms with Gasteiger partial charge in [-0.25, -0.2) is 13.1 Å². The van der Waals surface area contributed by atoms with Crippen LogP contribution in [0.25, 0.3) is 0 Å². The summed E-state index contributed by atoms with van der Waals surface area (Å²) in [5, 5.41) is 8.81. The van der Waals surface area contributed by atoms with Crippen molar-refractivity contribution in [3.63, 3.8) is 0 Å². The number of aliphatic carboxylic acids is 1. The number of carboxylic acid groups (broad SMARTS) is 1. The van der Waals surface area contributed by atoms with Crippen molar-refractivity contribution in [3.05, 3.63) is 28.2 Å². The van der Waals surface area contributed by atoms with Crippen molar-refractivity contribution in [2.45, 2.75) is 24.2 Å². The summed E-state index contributed by atoms with van der Waals surface area (Å²) in [6, 6.07) is 4.17. The zero-order valence-corrected chi connectivity index (χ0v) is 12.2. The molecule has 5 nitrogen and oxygen atoms in total. The molecule has 1 rings (SSSR count). The number of nitrogens with one attached hydrogen (secondary N) is 1. The van der Waals surface area contributed by atoms with Crippen LogP contribution in [0.5, 0.6) is 0 Å². The van der Waals surface area contributed by atoms with Gasteiger partial charge in [0.25, 0.3) is 0 Å². The summed E-state index contributed by atoms with van der Waals surface area (Å²) >= 11 is 11.5. The molecule has 0 aliphatic heterocycles. The lowest BCUT2D eigenvalue weighted by atomic mass is 10.2. The lowest BCUT2D eigenvalue weighted by Crippen LogP contribution is -2.25. The Kier molecular flexibility index (Phi) is 6.06. The van der Waals surface area contributed by atoms with E-state index >= 15 is 0 Å². The van der Waals surface area contributed by atoms with E-state index in [1.165, 1.54) is 18.2 Å². The first-order valence-corrected chi connectivity index (χ1v) is 7.73. The third-order valence-corrected chi connectivity index (χ3v) is 4.47. The molecule has 0 saturated heterocycles. The molecule has 0 aliphatic carbocycles. The molecular weight excluding hydrogens is 313 g/mol. The molecule has 106 valence electrons. The average molecular weight is 326 g/mol. The van der Waals surface area contributed by atoms with Gasteiger partial charge in [-0.15, -0.1) is 0 Å². The van der Waals surface area contributed by atoms with Gasteiger partial charge < -0.3 is 5.11 Å². The Labute approximate surface area is 121 Å². The van der Waals surface area contributed by atoms with Crippen molar-refractivity contribution in [1.29, 1.82) is 0 Å². The van der Waals surface area contributed by atoms with Gasteiger partial charge in [-0.2, -0.15) is 0 Å². The minimum atomic E-state index is -3.73. The fourth-order valence-corrected chi connectivity index (χ4v) is 3.20. The van der Waals surface area contributed by atoms with Gasteiger partial charge in [0.2, 0.25) is 10.0 Å². The third-order valence-electron chi connectivity index (χ3n) is 2.29. The lowest BCUT2D eigenvalue weighted by Gasteiger charge is -2.08. The van der Waals surface area contributed by atoms with Gasteiger partial charge in [-0.05, 0) is 31.0 Å². The van der Waals surface area contributed by atoms with Crippen LogP contribution in [0.4, 0.5) is 0 Å². The molecule has 0 spiro atoms. The number of sulfonamides is 1. The standard InChI is InChI=1S/C11H13Cl2NO4S/c12-8-4-5-9(13)10(7-8)19(17,18)14-6-2-1-3-11(15)16/h4-5,7,14H,1-3,6H2,(H,15,16). The van der Waals surface area contributed by atoms with Crippen LogP contribution in [0, 0.1) is 0 Å². The number of benzene rings is 1. The predicted octanol–water partition coefficient (Wildman–Crippen LogP) is 2.53. The molecule has 0 amide bonds. The fourth-order valence-electron chi connectivity index (χ4n) is 1.37. The lowest BCUT2D eigenvalue weighted by molar-refractivity contribution is -0.137. The van der Waals surface area contributed by atoms with Crippen LogP contribution in [0.2, 0.25) is 10.0 Å². The van der Waals surface area contributed by atoms with Gasteiger partial charge in [0, 0.05) is 18.0 Å². The highest BCUT2D eigenvalue weighted by Gasteiger charge is 2.17. The Balaban J connectivity index is 2.61. The number of rotatable bonds is 7. The molecule has 1 aromatic rings. The first kappa shape index (κ1) is 16.2. The molecule has 0 aromatic heterocycles. The van der Waals surface area contributed by atoms with E-state index in [-0.39, 0.29) is 27.9 Å². The molecule has 0 aliphatic rings. The summed E-state index contributed by atoms with van der Waals surface area (Å²) in [7, 11) is -3.73. The predicted molar refractivity (Wildman–Crippen MR) is 73.1 cm³/mol. The van der Waals surface area contributed by atoms with E-state index in [0.717, 1.165) is 0 Å². The van der Waals surface area contributed by atoms with Gasteiger partial charge in [0.05, 0.1) is 5.02 Å². The molecule has 0 unspecified atom stereocenters. The fraction of sp³-hybridized carbons (Fsp3) is 0.364. The van der Waals surface area contributed by atoms with Crippen molar-refractivity contribution in [2.75, 3.05) is 6.54 Å². The van der Waals surface area contributed by atoms with Gasteiger partial charge in [-0.1, -0.05) is 23.2 Å². The molecule has 2 N–H and O–H groups in total. The number of unbranched alkanes of at least 4 members (excludes halogenated alkanes) is 1. The van der Waals surface area contributed by atoms with E-state index in [2.05, 4.69) is 4.72 Å². The molecule has 0 fully saturated rings. The largest absolute Gasteiger partial charge is 0.481 e. The van der Waals surface area contributed by atoms with Crippen molar-refractivity contribution in [1.82, 2.24) is 4.72 Å². The van der Waals surface area contributed by atoms with Crippen molar-refractivity contribution < 1.29 is 18.3 Å². The van der Waals surface area contributed by atoms with Crippen LogP contribution in [0.3, 0.4) is 0 Å². The Hall–Kier alpha value is -0.820. The number of carboxylic acids is 1. The number of carbonyl (C=O) groups is 1. The molecule has 0 atom stereocenters. The maximum absolute atomic E-state index is 11.9. The van der Waals surface area contributed by atoms with Crippen molar-refractivity contribution in [2.24, 2.45) is 0 Å². The second-order valence-electron chi connectivity index (χ2n) is 3.82. The highest BCUT2D eigenvalue weighted by Crippen LogP contribution is 2.24. The van der Waals surface area contributed by atoms with Crippen LogP contribution >= 0.6 is 23.2 Å². The van der Waals surface area contributed by atoms with Crippen molar-refractivity contribution >= 4 is 39.2 Å². The van der Waals surface area contributed by atoms with E-state index in [9.17, 15) is 13.2 Å². The molecule has 0 radical (unpaired) electrons. The van der Waals surface area contributed by atoms with Crippen LogP contribution in [-0.4, -0.2) is 26.0 Å². The van der Waals surface area contributed by atoms with Crippen LogP contribution in [-0.2, 0) is 14.8 Å². The Morgan fingerprint density at radius 3 is 2.58 bits per heavy atom. The highest BCUT2D eigenvalue weighted by molar-refractivity contribution is 7.89. The van der Waals surface area contributed by atoms with Crippen LogP contribution < -0.4 is 4.72 Å². The summed E-state index contributed by atoms with van der Waals surface area (Å²) in [4.78, 5) is 10.2. The second kappa shape index (κ2) is 7.09. The summed E-state index contributed by atoms with van der Waals surface area (Å²) in [5.74, 6) is -0.902. The minimum absolute atomic E-state index is 0.0135. The first-order valence-electron chi connectivity index (χ1n) is 5.49. The van der Waals surface area contributed by atoms with Crippen LogP contribution in [0.1, 0.15) is 19.3 Å². The molecule has 0 saturated carbocycles. The smallest absolute Gasteiger partial charge is 0.303 e. The highest BCUT2D eigenvalue weighted by atomic mass is 35.5. The molecule has 0 heterocycles. The monoisotopic (exact) mass is 325 g/mol. The summed E-state index contributed by atoms with van der Waals surface area (Å²) in [6.45, 7) is 0.151. The van der Waals surface area contributed by atoms with Crippen molar-refractivity contribution in [3.8, 4) is 0 Å². The van der Waals surface area contributed by atoms with E-state index in [0.29, 0.717) is 12.8 Å². The van der Waals surface area contributed by atoms with E-state index in [4.69, 9.17) is 28.3 Å². The average Bonchev–Trinajstić information content (AvgIpc) is 2.31. The molecule has 8 heteroatoms. The van der Waals surface area contributed by atoms with E-state index < -0.39 is 16.0 Å². The van der Waals surface area contributed by atoms with Crippen LogP contribution in [0.15, 0.2) is 23.1 Å².